The van der Waals surface area contributed by atoms with Gasteiger partial charge in [-0.15, -0.1) is 0 Å². The zero-order valence-electron chi connectivity index (χ0n) is 11.2. The van der Waals surface area contributed by atoms with E-state index in [2.05, 4.69) is 11.8 Å². The van der Waals surface area contributed by atoms with Crippen molar-refractivity contribution in [1.29, 1.82) is 0 Å². The standard InChI is InChI=1S/C14H25NO2/c1-3-7-13(2,12(16)17)15-10-14(11-15)8-5-4-6-9-14/h3-11H2,1-2H3,(H,16,17). The van der Waals surface area contributed by atoms with E-state index in [4.69, 9.17) is 0 Å². The first-order chi connectivity index (χ1) is 8.02. The van der Waals surface area contributed by atoms with Crippen molar-refractivity contribution in [3.8, 4) is 0 Å². The number of carboxylic acid groups (broad SMARTS) is 1. The molecule has 1 unspecified atom stereocenters. The summed E-state index contributed by atoms with van der Waals surface area (Å²) in [4.78, 5) is 13.7. The Morgan fingerprint density at radius 2 is 1.88 bits per heavy atom. The van der Waals surface area contributed by atoms with E-state index in [0.717, 1.165) is 25.9 Å². The van der Waals surface area contributed by atoms with Crippen LogP contribution >= 0.6 is 0 Å². The smallest absolute Gasteiger partial charge is 0.323 e. The maximum atomic E-state index is 11.5. The van der Waals surface area contributed by atoms with Gasteiger partial charge in [-0.3, -0.25) is 9.69 Å². The van der Waals surface area contributed by atoms with Crippen LogP contribution in [0, 0.1) is 5.41 Å². The second-order valence-corrected chi connectivity index (χ2v) is 6.25. The Bertz CT molecular complexity index is 289. The third-order valence-electron chi connectivity index (χ3n) is 4.86. The molecule has 0 aromatic heterocycles. The Kier molecular flexibility index (Phi) is 3.48. The molecule has 0 radical (unpaired) electrons. The summed E-state index contributed by atoms with van der Waals surface area (Å²) in [6.45, 7) is 5.98. The van der Waals surface area contributed by atoms with E-state index in [9.17, 15) is 9.90 Å². The van der Waals surface area contributed by atoms with Crippen LogP contribution in [0.5, 0.6) is 0 Å². The first-order valence-electron chi connectivity index (χ1n) is 7.01. The second kappa shape index (κ2) is 4.60. The van der Waals surface area contributed by atoms with Gasteiger partial charge < -0.3 is 5.11 Å². The molecule has 2 rings (SSSR count). The highest BCUT2D eigenvalue weighted by molar-refractivity contribution is 5.78. The zero-order valence-corrected chi connectivity index (χ0v) is 11.2. The molecule has 1 heterocycles. The number of nitrogens with zero attached hydrogens (tertiary/aromatic N) is 1. The average molecular weight is 239 g/mol. The fourth-order valence-corrected chi connectivity index (χ4v) is 3.62. The molecule has 3 heteroatoms. The molecule has 0 amide bonds. The van der Waals surface area contributed by atoms with Gasteiger partial charge in [0, 0.05) is 13.1 Å². The molecule has 1 spiro atoms. The summed E-state index contributed by atoms with van der Waals surface area (Å²) in [6.07, 6.45) is 8.37. The molecule has 1 aliphatic carbocycles. The summed E-state index contributed by atoms with van der Waals surface area (Å²) < 4.78 is 0. The largest absolute Gasteiger partial charge is 0.480 e. The van der Waals surface area contributed by atoms with Crippen molar-refractivity contribution in [2.75, 3.05) is 13.1 Å². The van der Waals surface area contributed by atoms with Gasteiger partial charge in [0.05, 0.1) is 0 Å². The fourth-order valence-electron chi connectivity index (χ4n) is 3.62. The maximum absolute atomic E-state index is 11.5. The van der Waals surface area contributed by atoms with Gasteiger partial charge >= 0.3 is 5.97 Å². The lowest BCUT2D eigenvalue weighted by atomic mass is 9.66. The van der Waals surface area contributed by atoms with E-state index in [1.807, 2.05) is 6.92 Å². The van der Waals surface area contributed by atoms with Crippen molar-refractivity contribution in [3.63, 3.8) is 0 Å². The van der Waals surface area contributed by atoms with Gasteiger partial charge in [-0.05, 0) is 31.6 Å². The molecule has 98 valence electrons. The Balaban J connectivity index is 1.98. The van der Waals surface area contributed by atoms with Crippen LogP contribution in [-0.4, -0.2) is 34.6 Å². The van der Waals surface area contributed by atoms with E-state index in [-0.39, 0.29) is 0 Å². The average Bonchev–Trinajstić information content (AvgIpc) is 2.27. The monoisotopic (exact) mass is 239 g/mol. The molecule has 0 aromatic rings. The fraction of sp³-hybridized carbons (Fsp3) is 0.929. The number of carboxylic acids is 1. The first kappa shape index (κ1) is 12.9. The number of hydrogen-bond acceptors (Lipinski definition) is 2. The van der Waals surface area contributed by atoms with Gasteiger partial charge in [-0.1, -0.05) is 32.6 Å². The lowest BCUT2D eigenvalue weighted by molar-refractivity contribution is -0.164. The minimum Gasteiger partial charge on any atom is -0.480 e. The quantitative estimate of drug-likeness (QED) is 0.820. The Labute approximate surface area is 104 Å². The van der Waals surface area contributed by atoms with E-state index in [0.29, 0.717) is 5.41 Å². The highest BCUT2D eigenvalue weighted by Crippen LogP contribution is 2.47. The predicted octanol–water partition coefficient (Wildman–Crippen LogP) is 2.90. The Morgan fingerprint density at radius 1 is 1.29 bits per heavy atom. The zero-order chi connectivity index (χ0) is 12.5. The summed E-state index contributed by atoms with van der Waals surface area (Å²) in [5, 5.41) is 9.44. The normalized spacial score (nSPS) is 27.4. The van der Waals surface area contributed by atoms with Gasteiger partial charge in [0.2, 0.25) is 0 Å². The van der Waals surface area contributed by atoms with Crippen LogP contribution < -0.4 is 0 Å². The lowest BCUT2D eigenvalue weighted by Gasteiger charge is -2.57. The minimum atomic E-state index is -0.648. The van der Waals surface area contributed by atoms with Crippen LogP contribution in [0.1, 0.15) is 58.8 Å². The number of hydrogen-bond donors (Lipinski definition) is 1. The van der Waals surface area contributed by atoms with Crippen LogP contribution in [0.3, 0.4) is 0 Å². The van der Waals surface area contributed by atoms with E-state index in [1.165, 1.54) is 32.1 Å². The SMILES string of the molecule is CCCC(C)(C(=O)O)N1CC2(CCCCC2)C1. The summed E-state index contributed by atoms with van der Waals surface area (Å²) in [6, 6.07) is 0. The highest BCUT2D eigenvalue weighted by atomic mass is 16.4. The van der Waals surface area contributed by atoms with Crippen LogP contribution in [0.15, 0.2) is 0 Å². The minimum absolute atomic E-state index is 0.475. The first-order valence-corrected chi connectivity index (χ1v) is 7.01. The lowest BCUT2D eigenvalue weighted by Crippen LogP contribution is -2.67. The summed E-state index contributed by atoms with van der Waals surface area (Å²) in [5.74, 6) is -0.648. The van der Waals surface area contributed by atoms with Crippen molar-refractivity contribution < 1.29 is 9.90 Å². The number of rotatable bonds is 4. The highest BCUT2D eigenvalue weighted by Gasteiger charge is 2.52. The molecule has 1 atom stereocenters. The summed E-state index contributed by atoms with van der Waals surface area (Å²) in [7, 11) is 0. The molecular weight excluding hydrogens is 214 g/mol. The van der Waals surface area contributed by atoms with Crippen LogP contribution in [0.2, 0.25) is 0 Å². The van der Waals surface area contributed by atoms with Gasteiger partial charge in [-0.2, -0.15) is 0 Å². The molecular formula is C14H25NO2. The summed E-state index contributed by atoms with van der Waals surface area (Å²) >= 11 is 0. The van der Waals surface area contributed by atoms with Gasteiger partial charge in [0.25, 0.3) is 0 Å². The van der Waals surface area contributed by atoms with E-state index < -0.39 is 11.5 Å². The second-order valence-electron chi connectivity index (χ2n) is 6.25. The van der Waals surface area contributed by atoms with Crippen molar-refractivity contribution in [2.45, 2.75) is 64.3 Å². The third kappa shape index (κ3) is 2.22. The molecule has 0 bridgehead atoms. The third-order valence-corrected chi connectivity index (χ3v) is 4.86. The molecule has 3 nitrogen and oxygen atoms in total. The predicted molar refractivity (Wildman–Crippen MR) is 68.0 cm³/mol. The molecule has 1 aliphatic heterocycles. The van der Waals surface area contributed by atoms with Crippen molar-refractivity contribution in [3.05, 3.63) is 0 Å². The van der Waals surface area contributed by atoms with Gasteiger partial charge in [0.1, 0.15) is 5.54 Å². The van der Waals surface area contributed by atoms with Crippen molar-refractivity contribution >= 4 is 5.97 Å². The number of carbonyl (C=O) groups is 1. The van der Waals surface area contributed by atoms with Gasteiger partial charge in [0.15, 0.2) is 0 Å². The van der Waals surface area contributed by atoms with Crippen molar-refractivity contribution in [2.24, 2.45) is 5.41 Å². The Hall–Kier alpha value is -0.570. The van der Waals surface area contributed by atoms with Crippen LogP contribution in [-0.2, 0) is 4.79 Å². The number of likely N-dealkylation sites (tertiary alicyclic amines) is 1. The van der Waals surface area contributed by atoms with Crippen LogP contribution in [0.25, 0.3) is 0 Å². The van der Waals surface area contributed by atoms with Gasteiger partial charge in [-0.25, -0.2) is 0 Å². The Morgan fingerprint density at radius 3 is 2.35 bits per heavy atom. The summed E-state index contributed by atoms with van der Waals surface area (Å²) in [5.41, 5.74) is -0.153. The molecule has 0 aromatic carbocycles. The molecule has 2 aliphatic rings. The molecule has 2 fully saturated rings. The van der Waals surface area contributed by atoms with Crippen molar-refractivity contribution in [1.82, 2.24) is 4.90 Å². The maximum Gasteiger partial charge on any atom is 0.323 e. The molecule has 17 heavy (non-hydrogen) atoms. The van der Waals surface area contributed by atoms with Crippen LogP contribution in [0.4, 0.5) is 0 Å². The molecule has 1 saturated carbocycles. The molecule has 1 N–H and O–H groups in total. The number of aliphatic carboxylic acids is 1. The molecule has 1 saturated heterocycles. The topological polar surface area (TPSA) is 40.5 Å². The van der Waals surface area contributed by atoms with E-state index >= 15 is 0 Å². The van der Waals surface area contributed by atoms with E-state index in [1.54, 1.807) is 0 Å².